The van der Waals surface area contributed by atoms with Crippen LogP contribution in [0, 0.1) is 5.82 Å². The maximum Gasteiger partial charge on any atom is 0.250 e. The molecule has 1 saturated heterocycles. The first-order chi connectivity index (χ1) is 13.1. The Morgan fingerprint density at radius 1 is 1.46 bits per heavy atom. The number of rotatable bonds is 5. The SMILES string of the molecule is CCOCC(=O)Nc1ccc(F)c([C@]2(C)CS(=O)(=O)[C@]3(CCOC3)C(N)=N2)c1. The van der Waals surface area contributed by atoms with Gasteiger partial charge in [-0.05, 0) is 38.5 Å². The van der Waals surface area contributed by atoms with Crippen molar-refractivity contribution in [1.29, 1.82) is 0 Å². The van der Waals surface area contributed by atoms with Crippen molar-refractivity contribution in [2.45, 2.75) is 30.6 Å². The number of anilines is 1. The van der Waals surface area contributed by atoms with E-state index in [1.54, 1.807) is 6.92 Å². The van der Waals surface area contributed by atoms with Crippen molar-refractivity contribution in [2.75, 3.05) is 37.5 Å². The highest BCUT2D eigenvalue weighted by molar-refractivity contribution is 7.93. The van der Waals surface area contributed by atoms with E-state index in [4.69, 9.17) is 15.2 Å². The Balaban J connectivity index is 1.97. The number of aliphatic imine (C=N–C) groups is 1. The van der Waals surface area contributed by atoms with Crippen LogP contribution in [-0.2, 0) is 29.6 Å². The summed E-state index contributed by atoms with van der Waals surface area (Å²) in [4.78, 5) is 16.3. The monoisotopic (exact) mass is 413 g/mol. The van der Waals surface area contributed by atoms with Gasteiger partial charge in [-0.25, -0.2) is 12.8 Å². The predicted molar refractivity (Wildman–Crippen MR) is 102 cm³/mol. The first kappa shape index (κ1) is 20.7. The van der Waals surface area contributed by atoms with E-state index >= 15 is 0 Å². The minimum absolute atomic E-state index is 0.0435. The molecule has 1 spiro atoms. The molecule has 0 aromatic heterocycles. The number of carbonyl (C=O) groups excluding carboxylic acids is 1. The topological polar surface area (TPSA) is 120 Å². The summed E-state index contributed by atoms with van der Waals surface area (Å²) < 4.78 is 49.7. The molecule has 0 radical (unpaired) electrons. The standard InChI is InChI=1S/C18H24FN3O5S/c1-3-26-9-15(23)21-12-4-5-14(19)13(8-12)17(2)11-28(24,25)18(16(20)22-17)6-7-27-10-18/h4-5,8H,3,6-7,9-11H2,1-2H3,(H2,20,22)(H,21,23)/t17-,18-/m0/s1. The minimum atomic E-state index is -3.75. The second-order valence-electron chi connectivity index (χ2n) is 7.21. The first-order valence-corrected chi connectivity index (χ1v) is 10.6. The van der Waals surface area contributed by atoms with Gasteiger partial charge in [-0.15, -0.1) is 0 Å². The molecule has 2 heterocycles. The largest absolute Gasteiger partial charge is 0.386 e. The first-order valence-electron chi connectivity index (χ1n) is 8.97. The summed E-state index contributed by atoms with van der Waals surface area (Å²) >= 11 is 0. The van der Waals surface area contributed by atoms with Crippen molar-refractivity contribution in [3.05, 3.63) is 29.6 Å². The Bertz CT molecular complexity index is 912. The number of sulfone groups is 1. The van der Waals surface area contributed by atoms with Crippen LogP contribution in [0.4, 0.5) is 10.1 Å². The van der Waals surface area contributed by atoms with Crippen molar-refractivity contribution in [1.82, 2.24) is 0 Å². The highest BCUT2D eigenvalue weighted by Crippen LogP contribution is 2.41. The molecule has 8 nitrogen and oxygen atoms in total. The lowest BCUT2D eigenvalue weighted by atomic mass is 9.92. The van der Waals surface area contributed by atoms with Crippen LogP contribution < -0.4 is 11.1 Å². The third-order valence-corrected chi connectivity index (χ3v) is 7.82. The molecule has 1 aromatic rings. The average Bonchev–Trinajstić information content (AvgIpc) is 3.11. The summed E-state index contributed by atoms with van der Waals surface area (Å²) in [5.41, 5.74) is 5.02. The van der Waals surface area contributed by atoms with Crippen molar-refractivity contribution in [3.8, 4) is 0 Å². The van der Waals surface area contributed by atoms with Gasteiger partial charge in [0.25, 0.3) is 0 Å². The Morgan fingerprint density at radius 3 is 2.82 bits per heavy atom. The van der Waals surface area contributed by atoms with Crippen LogP contribution in [0.15, 0.2) is 23.2 Å². The van der Waals surface area contributed by atoms with Crippen molar-refractivity contribution >= 4 is 27.3 Å². The lowest BCUT2D eigenvalue weighted by molar-refractivity contribution is -0.120. The highest BCUT2D eigenvalue weighted by atomic mass is 32.2. The lowest BCUT2D eigenvalue weighted by Gasteiger charge is -2.39. The van der Waals surface area contributed by atoms with Crippen LogP contribution in [0.25, 0.3) is 0 Å². The molecule has 2 aliphatic heterocycles. The van der Waals surface area contributed by atoms with Crippen molar-refractivity contribution in [3.63, 3.8) is 0 Å². The van der Waals surface area contributed by atoms with E-state index in [1.807, 2.05) is 0 Å². The van der Waals surface area contributed by atoms with Crippen molar-refractivity contribution in [2.24, 2.45) is 10.7 Å². The van der Waals surface area contributed by atoms with Gasteiger partial charge in [0.05, 0.1) is 12.4 Å². The van der Waals surface area contributed by atoms with Gasteiger partial charge in [0.2, 0.25) is 5.91 Å². The van der Waals surface area contributed by atoms with E-state index in [2.05, 4.69) is 10.3 Å². The fourth-order valence-corrected chi connectivity index (χ4v) is 5.86. The second kappa shape index (κ2) is 7.41. The molecular weight excluding hydrogens is 389 g/mol. The summed E-state index contributed by atoms with van der Waals surface area (Å²) in [6, 6.07) is 3.94. The fourth-order valence-electron chi connectivity index (χ4n) is 3.61. The molecule has 2 aliphatic rings. The van der Waals surface area contributed by atoms with E-state index in [-0.39, 0.29) is 37.6 Å². The molecule has 1 fully saturated rings. The third kappa shape index (κ3) is 3.51. The molecular formula is C18H24FN3O5S. The van der Waals surface area contributed by atoms with Crippen LogP contribution in [0.1, 0.15) is 25.8 Å². The Morgan fingerprint density at radius 2 is 2.21 bits per heavy atom. The maximum atomic E-state index is 14.6. The number of hydrogen-bond acceptors (Lipinski definition) is 7. The number of benzene rings is 1. The van der Waals surface area contributed by atoms with Crippen LogP contribution in [0.5, 0.6) is 0 Å². The molecule has 154 valence electrons. The zero-order valence-electron chi connectivity index (χ0n) is 15.8. The number of halogens is 1. The molecule has 0 unspecified atom stereocenters. The third-order valence-electron chi connectivity index (χ3n) is 5.15. The summed E-state index contributed by atoms with van der Waals surface area (Å²) in [7, 11) is -3.75. The Labute approximate surface area is 163 Å². The van der Waals surface area contributed by atoms with E-state index in [0.29, 0.717) is 12.3 Å². The van der Waals surface area contributed by atoms with Crippen molar-refractivity contribution < 1.29 is 27.1 Å². The van der Waals surface area contributed by atoms with Gasteiger partial charge in [0, 0.05) is 24.5 Å². The van der Waals surface area contributed by atoms with Gasteiger partial charge < -0.3 is 20.5 Å². The second-order valence-corrected chi connectivity index (χ2v) is 9.51. The molecule has 0 bridgehead atoms. The van der Waals surface area contributed by atoms with Gasteiger partial charge >= 0.3 is 0 Å². The van der Waals surface area contributed by atoms with E-state index in [9.17, 15) is 17.6 Å². The molecule has 3 rings (SSSR count). The summed E-state index contributed by atoms with van der Waals surface area (Å²) in [6.45, 7) is 3.76. The zero-order valence-corrected chi connectivity index (χ0v) is 16.6. The minimum Gasteiger partial charge on any atom is -0.386 e. The summed E-state index contributed by atoms with van der Waals surface area (Å²) in [5.74, 6) is -1.50. The van der Waals surface area contributed by atoms with Crippen LogP contribution >= 0.6 is 0 Å². The van der Waals surface area contributed by atoms with E-state index in [0.717, 1.165) is 6.07 Å². The fraction of sp³-hybridized carbons (Fsp3) is 0.556. The molecule has 3 N–H and O–H groups in total. The molecule has 0 saturated carbocycles. The highest BCUT2D eigenvalue weighted by Gasteiger charge is 2.57. The normalized spacial score (nSPS) is 28.9. The zero-order chi connectivity index (χ0) is 20.6. The molecule has 10 heteroatoms. The smallest absolute Gasteiger partial charge is 0.250 e. The number of nitrogens with zero attached hydrogens (tertiary/aromatic N) is 1. The number of amides is 1. The molecule has 2 atom stereocenters. The average molecular weight is 413 g/mol. The number of nitrogens with two attached hydrogens (primary N) is 1. The number of nitrogens with one attached hydrogen (secondary N) is 1. The predicted octanol–water partition coefficient (Wildman–Crippen LogP) is 0.961. The van der Waals surface area contributed by atoms with E-state index < -0.39 is 37.6 Å². The number of amidine groups is 1. The van der Waals surface area contributed by atoms with Gasteiger partial charge in [-0.2, -0.15) is 0 Å². The molecule has 1 amide bonds. The number of carbonyl (C=O) groups is 1. The maximum absolute atomic E-state index is 14.6. The lowest BCUT2D eigenvalue weighted by Crippen LogP contribution is -2.58. The van der Waals surface area contributed by atoms with Crippen LogP contribution in [0.3, 0.4) is 0 Å². The number of hydrogen-bond donors (Lipinski definition) is 2. The molecule has 28 heavy (non-hydrogen) atoms. The Hall–Kier alpha value is -2.04. The quantitative estimate of drug-likeness (QED) is 0.742. The van der Waals surface area contributed by atoms with Gasteiger partial charge in [0.15, 0.2) is 14.6 Å². The van der Waals surface area contributed by atoms with Crippen LogP contribution in [0.2, 0.25) is 0 Å². The summed E-state index contributed by atoms with van der Waals surface area (Å²) in [5, 5.41) is 2.60. The van der Waals surface area contributed by atoms with Gasteiger partial charge in [-0.3, -0.25) is 9.79 Å². The van der Waals surface area contributed by atoms with E-state index in [1.165, 1.54) is 19.1 Å². The summed E-state index contributed by atoms with van der Waals surface area (Å²) in [6.07, 6.45) is 0.233. The Kier molecular flexibility index (Phi) is 5.48. The van der Waals surface area contributed by atoms with Crippen LogP contribution in [-0.4, -0.2) is 57.1 Å². The number of ether oxygens (including phenoxy) is 2. The molecule has 0 aliphatic carbocycles. The van der Waals surface area contributed by atoms with Gasteiger partial charge in [0.1, 0.15) is 23.8 Å². The van der Waals surface area contributed by atoms with Gasteiger partial charge in [-0.1, -0.05) is 0 Å². The molecule has 1 aromatic carbocycles.